The summed E-state index contributed by atoms with van der Waals surface area (Å²) in [4.78, 5) is 51.7. The van der Waals surface area contributed by atoms with Crippen LogP contribution in [0.15, 0.2) is 30.3 Å². The molecule has 0 bridgehead atoms. The molecule has 1 fully saturated rings. The number of nitrogens with one attached hydrogen (secondary N) is 2. The maximum absolute atomic E-state index is 14.9. The topological polar surface area (TPSA) is 209 Å². The zero-order valence-electron chi connectivity index (χ0n) is 21.1. The lowest BCUT2D eigenvalue weighted by molar-refractivity contribution is -0.166. The molecule has 7 N–H and O–H groups in total. The number of carboxylic acid groups (broad SMARTS) is 1. The van der Waals surface area contributed by atoms with E-state index in [1.807, 2.05) is 0 Å². The van der Waals surface area contributed by atoms with Gasteiger partial charge in [0.15, 0.2) is 17.9 Å². The normalized spacial score (nSPS) is 18.6. The number of likely N-dealkylation sites (N-methyl/N-ethyl adjacent to an activating group) is 1. The Balaban J connectivity index is 1.60. The van der Waals surface area contributed by atoms with Crippen LogP contribution in [0.2, 0.25) is 0 Å². The average Bonchev–Trinajstić information content (AvgIpc) is 2.90. The molecule has 2 aliphatic rings. The Labute approximate surface area is 226 Å². The minimum Gasteiger partial charge on any atom is -0.534 e. The van der Waals surface area contributed by atoms with Gasteiger partial charge in [-0.05, 0) is 31.0 Å². The molecule has 3 amide bonds. The Morgan fingerprint density at radius 2 is 1.88 bits per heavy atom. The molecule has 0 radical (unpaired) electrons. The number of fused-ring (bicyclic) bond motifs is 1. The van der Waals surface area contributed by atoms with E-state index in [0.29, 0.717) is 11.6 Å². The van der Waals surface area contributed by atoms with E-state index in [9.17, 15) is 49.0 Å². The number of aromatic hydroxyl groups is 2. The fraction of sp³-hybridized carbons (Fsp3) is 0.333. The largest absolute Gasteiger partial charge is 0.547 e. The van der Waals surface area contributed by atoms with Gasteiger partial charge in [-0.1, -0.05) is 12.1 Å². The summed E-state index contributed by atoms with van der Waals surface area (Å²) in [5.74, 6) is -8.32. The number of para-hydroxylation sites is 1. The van der Waals surface area contributed by atoms with Crippen LogP contribution in [0.3, 0.4) is 0 Å². The van der Waals surface area contributed by atoms with Crippen LogP contribution in [0.25, 0.3) is 0 Å². The molecule has 2 aromatic rings. The number of phenols is 2. The van der Waals surface area contributed by atoms with Crippen LogP contribution in [0, 0.1) is 5.82 Å². The van der Waals surface area contributed by atoms with Crippen molar-refractivity contribution >= 4 is 30.8 Å². The predicted molar refractivity (Wildman–Crippen MR) is 133 cm³/mol. The molecule has 40 heavy (non-hydrogen) atoms. The lowest BCUT2D eigenvalue weighted by Crippen LogP contribution is -2.62. The number of rotatable bonds is 8. The second-order valence-electron chi connectivity index (χ2n) is 9.15. The first-order chi connectivity index (χ1) is 18.9. The van der Waals surface area contributed by atoms with E-state index in [2.05, 4.69) is 10.6 Å². The molecule has 212 valence electrons. The summed E-state index contributed by atoms with van der Waals surface area (Å²) in [5.41, 5.74) is -0.392. The number of aliphatic hydroxyl groups excluding tert-OH is 1. The standard InChI is InChI=1S/C24H26BFN4O10/c1-2-29-6-7-30(22(35)21(29)34)24(38)28-18(13-9-15(31)16(32)10-14(13)26)20(33)27-17-8-11-4-3-5-12(23(36)37)19(11)40-25(17)39/h3-5,9-10,17-18,24,28,31-32,38-39H,2,6-8H2,1H3,(H,27,33)(H,36,37)/t17-,18?,24?/m0/s1. The summed E-state index contributed by atoms with van der Waals surface area (Å²) < 4.78 is 20.3. The van der Waals surface area contributed by atoms with Crippen LogP contribution in [-0.4, -0.2) is 98.0 Å². The molecule has 0 spiro atoms. The molecule has 2 heterocycles. The molecule has 14 nitrogen and oxygen atoms in total. The fourth-order valence-electron chi connectivity index (χ4n) is 4.54. The third-order valence-corrected chi connectivity index (χ3v) is 6.68. The van der Waals surface area contributed by atoms with Gasteiger partial charge < -0.3 is 40.3 Å². The van der Waals surface area contributed by atoms with Gasteiger partial charge in [-0.2, -0.15) is 0 Å². The van der Waals surface area contributed by atoms with E-state index < -0.39 is 72.0 Å². The highest BCUT2D eigenvalue weighted by Crippen LogP contribution is 2.33. The SMILES string of the molecule is CCN1CCN(C(O)NC(C(=O)N[C@H]2Cc3cccc(C(=O)O)c3OB2O)c2cc(O)c(O)cc2F)C(=O)C1=O. The Morgan fingerprint density at radius 1 is 1.18 bits per heavy atom. The molecule has 4 rings (SSSR count). The second-order valence-corrected chi connectivity index (χ2v) is 9.15. The summed E-state index contributed by atoms with van der Waals surface area (Å²) in [6, 6.07) is 3.71. The van der Waals surface area contributed by atoms with Crippen molar-refractivity contribution in [2.24, 2.45) is 0 Å². The van der Waals surface area contributed by atoms with Gasteiger partial charge in [-0.15, -0.1) is 0 Å². The van der Waals surface area contributed by atoms with Gasteiger partial charge in [0, 0.05) is 31.3 Å². The van der Waals surface area contributed by atoms with Crippen molar-refractivity contribution in [3.8, 4) is 17.2 Å². The Kier molecular flexibility index (Phi) is 8.13. The number of benzene rings is 2. The van der Waals surface area contributed by atoms with Crippen molar-refractivity contribution in [1.82, 2.24) is 20.4 Å². The van der Waals surface area contributed by atoms with Gasteiger partial charge in [0.1, 0.15) is 17.6 Å². The van der Waals surface area contributed by atoms with E-state index in [0.717, 1.165) is 11.0 Å². The highest BCUT2D eigenvalue weighted by atomic mass is 19.1. The number of hydrogen-bond acceptors (Lipinski definition) is 10. The number of aliphatic hydroxyl groups is 1. The fourth-order valence-corrected chi connectivity index (χ4v) is 4.54. The Hall–Kier alpha value is -4.41. The van der Waals surface area contributed by atoms with E-state index in [4.69, 9.17) is 4.65 Å². The van der Waals surface area contributed by atoms with Crippen molar-refractivity contribution in [1.29, 1.82) is 0 Å². The molecular weight excluding hydrogens is 534 g/mol. The number of halogens is 1. The van der Waals surface area contributed by atoms with Crippen molar-refractivity contribution in [2.75, 3.05) is 19.6 Å². The lowest BCUT2D eigenvalue weighted by atomic mass is 9.72. The van der Waals surface area contributed by atoms with Crippen LogP contribution in [0.5, 0.6) is 17.2 Å². The number of carboxylic acids is 1. The van der Waals surface area contributed by atoms with Crippen LogP contribution < -0.4 is 15.3 Å². The quantitative estimate of drug-likeness (QED) is 0.0871. The third kappa shape index (κ3) is 5.49. The number of carbonyl (C=O) groups is 4. The van der Waals surface area contributed by atoms with Crippen molar-refractivity contribution < 1.29 is 53.7 Å². The zero-order chi connectivity index (χ0) is 29.3. The molecule has 2 unspecified atom stereocenters. The summed E-state index contributed by atoms with van der Waals surface area (Å²) in [6.45, 7) is 1.91. The van der Waals surface area contributed by atoms with Crippen molar-refractivity contribution in [3.63, 3.8) is 0 Å². The molecule has 0 aromatic heterocycles. The first-order valence-corrected chi connectivity index (χ1v) is 12.2. The van der Waals surface area contributed by atoms with E-state index in [1.165, 1.54) is 23.1 Å². The Bertz CT molecular complexity index is 1360. The molecule has 2 aromatic carbocycles. The van der Waals surface area contributed by atoms with E-state index in [-0.39, 0.29) is 37.4 Å². The first-order valence-electron chi connectivity index (χ1n) is 12.2. The minimum atomic E-state index is -1.96. The van der Waals surface area contributed by atoms with Gasteiger partial charge in [-0.3, -0.25) is 24.6 Å². The highest BCUT2D eigenvalue weighted by Gasteiger charge is 2.41. The summed E-state index contributed by atoms with van der Waals surface area (Å²) in [5, 5.41) is 55.1. The minimum absolute atomic E-state index is 0.0815. The smallest absolute Gasteiger partial charge is 0.534 e. The molecule has 16 heteroatoms. The lowest BCUT2D eigenvalue weighted by Gasteiger charge is -2.37. The van der Waals surface area contributed by atoms with Crippen LogP contribution in [0.4, 0.5) is 4.39 Å². The molecule has 1 saturated heterocycles. The summed E-state index contributed by atoms with van der Waals surface area (Å²) in [7, 11) is -1.72. The van der Waals surface area contributed by atoms with Gasteiger partial charge in [0.25, 0.3) is 0 Å². The monoisotopic (exact) mass is 560 g/mol. The van der Waals surface area contributed by atoms with Crippen LogP contribution in [0.1, 0.15) is 34.5 Å². The van der Waals surface area contributed by atoms with Gasteiger partial charge in [0.05, 0.1) is 11.5 Å². The number of amides is 3. The van der Waals surface area contributed by atoms with Crippen molar-refractivity contribution in [3.05, 3.63) is 52.8 Å². The van der Waals surface area contributed by atoms with Gasteiger partial charge in [-0.25, -0.2) is 9.18 Å². The predicted octanol–water partition coefficient (Wildman–Crippen LogP) is -1.33. The number of aromatic carboxylic acids is 1. The Morgan fingerprint density at radius 3 is 2.55 bits per heavy atom. The number of carbonyl (C=O) groups excluding carboxylic acids is 3. The molecule has 0 saturated carbocycles. The number of phenolic OH excluding ortho intramolecular Hbond substituents is 2. The summed E-state index contributed by atoms with van der Waals surface area (Å²) in [6.07, 6.45) is -2.05. The van der Waals surface area contributed by atoms with Crippen molar-refractivity contribution in [2.45, 2.75) is 31.7 Å². The summed E-state index contributed by atoms with van der Waals surface area (Å²) >= 11 is 0. The number of hydrogen-bond donors (Lipinski definition) is 7. The zero-order valence-corrected chi connectivity index (χ0v) is 21.1. The van der Waals surface area contributed by atoms with E-state index in [1.54, 1.807) is 6.92 Å². The number of nitrogens with zero attached hydrogens (tertiary/aromatic N) is 2. The third-order valence-electron chi connectivity index (χ3n) is 6.68. The van der Waals surface area contributed by atoms with Crippen LogP contribution in [-0.2, 0) is 20.8 Å². The average molecular weight is 560 g/mol. The first kappa shape index (κ1) is 28.6. The maximum atomic E-state index is 14.9. The van der Waals surface area contributed by atoms with Crippen LogP contribution >= 0.6 is 0 Å². The van der Waals surface area contributed by atoms with E-state index >= 15 is 0 Å². The van der Waals surface area contributed by atoms with Gasteiger partial charge >= 0.3 is 24.9 Å². The second kappa shape index (κ2) is 11.4. The highest BCUT2D eigenvalue weighted by molar-refractivity contribution is 6.47. The number of piperazine rings is 1. The molecule has 2 aliphatic heterocycles. The maximum Gasteiger partial charge on any atom is 0.547 e. The molecule has 3 atom stereocenters. The van der Waals surface area contributed by atoms with Gasteiger partial charge in [0.2, 0.25) is 5.91 Å². The molecule has 0 aliphatic carbocycles. The molecular formula is C24H26BFN4O10.